The van der Waals surface area contributed by atoms with Crippen LogP contribution < -0.4 is 0 Å². The van der Waals surface area contributed by atoms with Crippen molar-refractivity contribution in [3.05, 3.63) is 0 Å². The van der Waals surface area contributed by atoms with E-state index >= 15 is 0 Å². The van der Waals surface area contributed by atoms with E-state index in [2.05, 4.69) is 26.5 Å². The van der Waals surface area contributed by atoms with Gasteiger partial charge in [-0.05, 0) is 18.6 Å². The summed E-state index contributed by atoms with van der Waals surface area (Å²) in [5.74, 6) is 1.04. The van der Waals surface area contributed by atoms with E-state index < -0.39 is 0 Å². The Balaban J connectivity index is 0. The molecule has 0 atom stereocenters. The lowest BCUT2D eigenvalue weighted by Crippen LogP contribution is -1.65. The Morgan fingerprint density at radius 1 is 1.10 bits per heavy atom. The summed E-state index contributed by atoms with van der Waals surface area (Å²) in [7, 11) is 0. The average Bonchev–Trinajstić information content (AvgIpc) is 1.93. The molecule has 0 aromatic carbocycles. The molecule has 7 radical (unpaired) electrons. The van der Waals surface area contributed by atoms with Gasteiger partial charge in [0, 0.05) is 6.42 Å². The fourth-order valence-electron chi connectivity index (χ4n) is 0.408. The van der Waals surface area contributed by atoms with Gasteiger partial charge in [0.25, 0.3) is 4.55 Å². The number of unbranched alkanes of at least 4 members (excludes halogenated alkanes) is 2. The molecule has 0 spiro atoms. The molecule has 0 nitrogen and oxygen atoms in total. The van der Waals surface area contributed by atoms with Gasteiger partial charge in [0.1, 0.15) is 0 Å². The van der Waals surface area contributed by atoms with E-state index in [4.69, 9.17) is 0 Å². The molecule has 0 aliphatic carbocycles. The minimum Gasteiger partial charge on any atom is -0.179 e. The van der Waals surface area contributed by atoms with Crippen LogP contribution in [0.15, 0.2) is 0 Å². The van der Waals surface area contributed by atoms with Gasteiger partial charge in [0.2, 0.25) is 0 Å². The lowest BCUT2D eigenvalue weighted by molar-refractivity contribution is 0.884. The molecular weight excluding hydrogens is 152 g/mol. The first kappa shape index (κ1) is 13.7. The van der Waals surface area contributed by atoms with Crippen LogP contribution in [0.5, 0.6) is 0 Å². The molecular formula is C8H19MgS+2. The van der Waals surface area contributed by atoms with Crippen molar-refractivity contribution in [2.75, 3.05) is 5.75 Å². The molecule has 0 N–H and O–H groups in total. The Morgan fingerprint density at radius 2 is 1.60 bits per heavy atom. The SMILES string of the molecule is CCCCS.CCC[CH2][Mg+2]. The topological polar surface area (TPSA) is 0 Å². The molecule has 0 bridgehead atoms. The molecule has 0 saturated heterocycles. The largest absolute Gasteiger partial charge is 1.41 e. The second-order valence-corrected chi connectivity index (χ2v) is 3.44. The van der Waals surface area contributed by atoms with E-state index in [0.717, 1.165) is 5.75 Å². The lowest BCUT2D eigenvalue weighted by Gasteiger charge is -1.78. The van der Waals surface area contributed by atoms with Crippen molar-refractivity contribution in [2.45, 2.75) is 44.1 Å². The fourth-order valence-corrected chi connectivity index (χ4v) is 1.22. The zero-order valence-electron chi connectivity index (χ0n) is 7.40. The molecule has 0 aromatic rings. The molecule has 0 fully saturated rings. The van der Waals surface area contributed by atoms with Crippen molar-refractivity contribution in [3.63, 3.8) is 0 Å². The highest BCUT2D eigenvalue weighted by molar-refractivity contribution is 7.80. The first-order valence-corrected chi connectivity index (χ1v) is 5.86. The zero-order chi connectivity index (χ0) is 8.24. The van der Waals surface area contributed by atoms with E-state index in [1.807, 2.05) is 21.7 Å². The van der Waals surface area contributed by atoms with Crippen LogP contribution in [0, 0.1) is 0 Å². The first-order chi connectivity index (χ1) is 4.83. The summed E-state index contributed by atoms with van der Waals surface area (Å²) >= 11 is 6.05. The summed E-state index contributed by atoms with van der Waals surface area (Å²) in [6, 6.07) is 0. The summed E-state index contributed by atoms with van der Waals surface area (Å²) in [4.78, 5) is 0. The molecule has 0 aliphatic heterocycles. The van der Waals surface area contributed by atoms with Crippen LogP contribution in [-0.2, 0) is 0 Å². The van der Waals surface area contributed by atoms with E-state index in [1.54, 1.807) is 0 Å². The monoisotopic (exact) mass is 171 g/mol. The van der Waals surface area contributed by atoms with Gasteiger partial charge in [-0.25, -0.2) is 0 Å². The number of thiol groups is 1. The van der Waals surface area contributed by atoms with Crippen LogP contribution in [-0.4, -0.2) is 27.5 Å². The van der Waals surface area contributed by atoms with E-state index in [1.165, 1.54) is 30.2 Å². The maximum atomic E-state index is 4.00. The summed E-state index contributed by atoms with van der Waals surface area (Å²) in [6.07, 6.45) is 5.27. The third kappa shape index (κ3) is 22.9. The Labute approximate surface area is 84.0 Å². The highest BCUT2D eigenvalue weighted by atomic mass is 32.1. The van der Waals surface area contributed by atoms with Gasteiger partial charge in [0.15, 0.2) is 0 Å². The summed E-state index contributed by atoms with van der Waals surface area (Å²) < 4.78 is 1.37. The Hall–Kier alpha value is 1.12. The van der Waals surface area contributed by atoms with Gasteiger partial charge in [0.05, 0.1) is 0 Å². The molecule has 0 amide bonds. The van der Waals surface area contributed by atoms with Gasteiger partial charge >= 0.3 is 21.7 Å². The second-order valence-electron chi connectivity index (χ2n) is 2.28. The van der Waals surface area contributed by atoms with Crippen LogP contribution in [0.3, 0.4) is 0 Å². The van der Waals surface area contributed by atoms with Crippen molar-refractivity contribution < 1.29 is 0 Å². The maximum absolute atomic E-state index is 4.00. The normalized spacial score (nSPS) is 8.40. The van der Waals surface area contributed by atoms with Gasteiger partial charge in [-0.1, -0.05) is 20.3 Å². The van der Waals surface area contributed by atoms with E-state index in [0.29, 0.717) is 0 Å². The summed E-state index contributed by atoms with van der Waals surface area (Å²) in [5, 5.41) is 0. The van der Waals surface area contributed by atoms with Crippen LogP contribution in [0.4, 0.5) is 0 Å². The second kappa shape index (κ2) is 16.6. The van der Waals surface area contributed by atoms with Gasteiger partial charge in [-0.2, -0.15) is 12.6 Å². The van der Waals surface area contributed by atoms with Crippen molar-refractivity contribution in [1.29, 1.82) is 0 Å². The molecule has 0 aromatic heterocycles. The molecule has 0 unspecified atom stereocenters. The number of hydrogen-bond donors (Lipinski definition) is 1. The number of rotatable bonds is 4. The van der Waals surface area contributed by atoms with E-state index in [-0.39, 0.29) is 0 Å². The average molecular weight is 172 g/mol. The van der Waals surface area contributed by atoms with E-state index in [9.17, 15) is 0 Å². The zero-order valence-corrected chi connectivity index (χ0v) is 9.71. The minimum atomic E-state index is 1.04. The van der Waals surface area contributed by atoms with Gasteiger partial charge < -0.3 is 0 Å². The van der Waals surface area contributed by atoms with Crippen LogP contribution in [0.1, 0.15) is 39.5 Å². The molecule has 2 heteroatoms. The van der Waals surface area contributed by atoms with Crippen LogP contribution >= 0.6 is 12.6 Å². The summed E-state index contributed by atoms with van der Waals surface area (Å²) in [5.41, 5.74) is 0. The van der Waals surface area contributed by atoms with Crippen molar-refractivity contribution in [2.24, 2.45) is 0 Å². The maximum Gasteiger partial charge on any atom is 1.41 e. The van der Waals surface area contributed by atoms with Crippen molar-refractivity contribution in [3.8, 4) is 0 Å². The van der Waals surface area contributed by atoms with Crippen LogP contribution in [0.25, 0.3) is 0 Å². The Kier molecular flexibility index (Phi) is 22.7. The highest BCUT2D eigenvalue weighted by Gasteiger charge is 2.19. The van der Waals surface area contributed by atoms with Crippen molar-refractivity contribution in [1.82, 2.24) is 0 Å². The van der Waals surface area contributed by atoms with Crippen LogP contribution in [0.2, 0.25) is 4.55 Å². The minimum absolute atomic E-state index is 1.04. The molecule has 57 valence electrons. The molecule has 0 aliphatic rings. The number of hydrogen-bond acceptors (Lipinski definition) is 1. The lowest BCUT2D eigenvalue weighted by atomic mass is 10.4. The predicted molar refractivity (Wildman–Crippen MR) is 54.2 cm³/mol. The highest BCUT2D eigenvalue weighted by Crippen LogP contribution is 1.86. The predicted octanol–water partition coefficient (Wildman–Crippen LogP) is 3.09. The molecule has 0 saturated carbocycles. The van der Waals surface area contributed by atoms with Crippen molar-refractivity contribution >= 4 is 34.3 Å². The first-order valence-electron chi connectivity index (χ1n) is 4.23. The quantitative estimate of drug-likeness (QED) is 0.488. The Bertz CT molecular complexity index is 30.2. The summed E-state index contributed by atoms with van der Waals surface area (Å²) in [6.45, 7) is 4.38. The third-order valence-corrected chi connectivity index (χ3v) is 1.93. The third-order valence-electron chi connectivity index (χ3n) is 1.12. The van der Waals surface area contributed by atoms with Gasteiger partial charge in [-0.3, -0.25) is 0 Å². The molecule has 10 heavy (non-hydrogen) atoms. The Morgan fingerprint density at radius 3 is 1.60 bits per heavy atom. The standard InChI is InChI=1S/C4H10S.C4H9.Mg/c1-2-3-4-5;1-3-4-2;/h5H,2-4H2,1H3;1,3-4H2,2H3;/q;;+2. The smallest absolute Gasteiger partial charge is 0.179 e. The molecule has 0 rings (SSSR count). The fraction of sp³-hybridized carbons (Fsp3) is 1.00. The van der Waals surface area contributed by atoms with Gasteiger partial charge in [-0.15, -0.1) is 0 Å². The molecule has 0 heterocycles.